The molecule has 0 aromatic carbocycles. The van der Waals surface area contributed by atoms with Crippen molar-refractivity contribution < 1.29 is 18.0 Å². The van der Waals surface area contributed by atoms with Crippen molar-refractivity contribution in [2.45, 2.75) is 25.4 Å². The summed E-state index contributed by atoms with van der Waals surface area (Å²) in [6, 6.07) is 0. The van der Waals surface area contributed by atoms with Crippen LogP contribution in [0, 0.1) is 5.92 Å². The Morgan fingerprint density at radius 2 is 1.68 bits per heavy atom. The van der Waals surface area contributed by atoms with Gasteiger partial charge >= 0.3 is 0 Å². The van der Waals surface area contributed by atoms with E-state index in [0.717, 1.165) is 0 Å². The van der Waals surface area contributed by atoms with Gasteiger partial charge in [0.25, 0.3) is 0 Å². The zero-order chi connectivity index (χ0) is 16.7. The van der Waals surface area contributed by atoms with E-state index in [1.165, 1.54) is 11.7 Å². The largest absolute Gasteiger partial charge is 0.347 e. The predicted octanol–water partition coefficient (Wildman–Crippen LogP) is 6.16. The van der Waals surface area contributed by atoms with Gasteiger partial charge in [-0.1, -0.05) is 54.7 Å². The second-order valence-electron chi connectivity index (χ2n) is 4.58. The van der Waals surface area contributed by atoms with Crippen molar-refractivity contribution in [2.24, 2.45) is 5.92 Å². The SMILES string of the molecule is CC1[C@H](OP(C)SP)C(OP(C)SP)OC[C@@H]1OSP(C)P. The Bertz CT molecular complexity index is 321. The van der Waals surface area contributed by atoms with Crippen molar-refractivity contribution in [2.75, 3.05) is 26.6 Å². The van der Waals surface area contributed by atoms with Gasteiger partial charge < -0.3 is 18.0 Å². The number of hydrogen-bond acceptors (Lipinski definition) is 7. The Balaban J connectivity index is 2.71. The van der Waals surface area contributed by atoms with Crippen molar-refractivity contribution in [3.8, 4) is 0 Å². The van der Waals surface area contributed by atoms with Gasteiger partial charge in [0, 0.05) is 17.6 Å². The van der Waals surface area contributed by atoms with Crippen LogP contribution in [0.2, 0.25) is 0 Å². The average molecular weight is 478 g/mol. The van der Waals surface area contributed by atoms with Crippen molar-refractivity contribution in [3.63, 3.8) is 0 Å². The van der Waals surface area contributed by atoms with Crippen molar-refractivity contribution >= 4 is 81.0 Å². The third-order valence-corrected chi connectivity index (χ3v) is 14.5. The highest BCUT2D eigenvalue weighted by Gasteiger charge is 2.42. The van der Waals surface area contributed by atoms with Crippen LogP contribution in [0.5, 0.6) is 0 Å². The number of rotatable bonds is 9. The Morgan fingerprint density at radius 1 is 1.09 bits per heavy atom. The van der Waals surface area contributed by atoms with Crippen molar-refractivity contribution in [1.29, 1.82) is 0 Å². The maximum absolute atomic E-state index is 6.21. The van der Waals surface area contributed by atoms with Crippen LogP contribution in [0.15, 0.2) is 0 Å². The molecule has 13 heteroatoms. The van der Waals surface area contributed by atoms with E-state index in [1.807, 2.05) is 0 Å². The normalized spacial score (nSPS) is 33.4. The quantitative estimate of drug-likeness (QED) is 0.290. The standard InChI is InChI=1S/C9H24O4P6S3/c1-6-7(13-20-19(4)14)5-10-9(12-18(3)22-16)8(6)11-17(2)21-15/h6-9H,5,14-16H2,1-4H3/t6?,7-,8-,9?,17?,18?,19?/m0/s1. The van der Waals surface area contributed by atoms with Crippen molar-refractivity contribution in [1.82, 2.24) is 0 Å². The minimum Gasteiger partial charge on any atom is -0.347 e. The first-order valence-corrected chi connectivity index (χ1v) is 20.3. The Hall–Kier alpha value is 3.47. The van der Waals surface area contributed by atoms with Crippen LogP contribution >= 0.6 is 81.0 Å². The second-order valence-corrected chi connectivity index (χ2v) is 22.4. The summed E-state index contributed by atoms with van der Waals surface area (Å²) in [7, 11) is 6.95. The molecule has 10 atom stereocenters. The highest BCUT2D eigenvalue weighted by atomic mass is 33.1. The van der Waals surface area contributed by atoms with Crippen LogP contribution in [-0.4, -0.2) is 45.1 Å². The molecule has 0 radical (unpaired) electrons. The van der Waals surface area contributed by atoms with Crippen LogP contribution in [0.4, 0.5) is 0 Å². The van der Waals surface area contributed by atoms with E-state index in [2.05, 4.69) is 52.7 Å². The molecule has 0 N–H and O–H groups in total. The molecule has 0 aliphatic carbocycles. The van der Waals surface area contributed by atoms with E-state index in [4.69, 9.17) is 18.0 Å². The summed E-state index contributed by atoms with van der Waals surface area (Å²) in [5.74, 6) is 0.228. The van der Waals surface area contributed by atoms with Crippen LogP contribution in [0.1, 0.15) is 6.92 Å². The highest BCUT2D eigenvalue weighted by molar-refractivity contribution is 8.78. The molecular weight excluding hydrogens is 454 g/mol. The Kier molecular flexibility index (Phi) is 13.7. The summed E-state index contributed by atoms with van der Waals surface area (Å²) < 4.78 is 24.1. The minimum absolute atomic E-state index is 0.0324. The third-order valence-electron chi connectivity index (χ3n) is 2.90. The van der Waals surface area contributed by atoms with Gasteiger partial charge in [-0.05, 0) is 26.8 Å². The summed E-state index contributed by atoms with van der Waals surface area (Å²) in [5.41, 5.74) is 0. The van der Waals surface area contributed by atoms with Crippen molar-refractivity contribution in [3.05, 3.63) is 0 Å². The molecular formula is C9H24O4P6S3. The lowest BCUT2D eigenvalue weighted by Crippen LogP contribution is -2.49. The lowest BCUT2D eigenvalue weighted by Gasteiger charge is -2.41. The van der Waals surface area contributed by atoms with Crippen LogP contribution in [-0.2, 0) is 18.0 Å². The minimum atomic E-state index is -0.585. The van der Waals surface area contributed by atoms with E-state index in [0.29, 0.717) is 6.61 Å². The molecule has 132 valence electrons. The maximum atomic E-state index is 6.21. The summed E-state index contributed by atoms with van der Waals surface area (Å²) in [6.45, 7) is 8.81. The summed E-state index contributed by atoms with van der Waals surface area (Å²) >= 11 is 4.84. The fourth-order valence-corrected chi connectivity index (χ4v) is 6.35. The summed E-state index contributed by atoms with van der Waals surface area (Å²) in [5, 5.41) is 0. The molecule has 0 spiro atoms. The fourth-order valence-electron chi connectivity index (χ4n) is 1.74. The molecule has 1 aliphatic heterocycles. The van der Waals surface area contributed by atoms with E-state index in [-0.39, 0.29) is 31.2 Å². The molecule has 1 heterocycles. The van der Waals surface area contributed by atoms with Crippen LogP contribution < -0.4 is 0 Å². The molecule has 0 aromatic heterocycles. The van der Waals surface area contributed by atoms with Gasteiger partial charge in [-0.25, -0.2) is 0 Å². The Labute approximate surface area is 156 Å². The molecule has 8 unspecified atom stereocenters. The molecule has 22 heavy (non-hydrogen) atoms. The first-order chi connectivity index (χ1) is 10.4. The molecule has 1 aliphatic rings. The monoisotopic (exact) mass is 478 g/mol. The van der Waals surface area contributed by atoms with E-state index < -0.39 is 14.7 Å². The first kappa shape index (κ1) is 23.5. The van der Waals surface area contributed by atoms with E-state index in [9.17, 15) is 0 Å². The molecule has 1 rings (SSSR count). The lowest BCUT2D eigenvalue weighted by atomic mass is 9.96. The molecule has 0 aromatic rings. The molecule has 0 bridgehead atoms. The van der Waals surface area contributed by atoms with Gasteiger partial charge in [0.15, 0.2) is 6.29 Å². The molecule has 0 saturated carbocycles. The van der Waals surface area contributed by atoms with Gasteiger partial charge in [-0.3, -0.25) is 0 Å². The topological polar surface area (TPSA) is 36.9 Å². The third kappa shape index (κ3) is 8.44. The summed E-state index contributed by atoms with van der Waals surface area (Å²) in [4.78, 5) is 0. The van der Waals surface area contributed by atoms with Gasteiger partial charge in [-0.15, -0.1) is 0 Å². The Morgan fingerprint density at radius 3 is 2.23 bits per heavy atom. The lowest BCUT2D eigenvalue weighted by molar-refractivity contribution is -0.201. The van der Waals surface area contributed by atoms with Gasteiger partial charge in [0.05, 0.1) is 21.3 Å². The summed E-state index contributed by atoms with van der Waals surface area (Å²) in [6.07, 6.45) is -0.381. The van der Waals surface area contributed by atoms with Gasteiger partial charge in [0.1, 0.15) is 12.2 Å². The highest BCUT2D eigenvalue weighted by Crippen LogP contribution is 2.58. The molecule has 1 saturated heterocycles. The van der Waals surface area contributed by atoms with Gasteiger partial charge in [-0.2, -0.15) is 0 Å². The van der Waals surface area contributed by atoms with Crippen LogP contribution in [0.25, 0.3) is 0 Å². The molecule has 4 nitrogen and oxygen atoms in total. The first-order valence-electron chi connectivity index (χ1n) is 6.37. The van der Waals surface area contributed by atoms with E-state index >= 15 is 0 Å². The molecule has 1 fully saturated rings. The number of hydrogen-bond donors (Lipinski definition) is 0. The fraction of sp³-hybridized carbons (Fsp3) is 1.00. The zero-order valence-corrected chi connectivity index (χ0v) is 21.5. The maximum Gasteiger partial charge on any atom is 0.189 e. The molecule has 0 amide bonds. The van der Waals surface area contributed by atoms with E-state index in [1.54, 1.807) is 22.0 Å². The average Bonchev–Trinajstić information content (AvgIpc) is 2.49. The van der Waals surface area contributed by atoms with Gasteiger partial charge in [0.2, 0.25) is 0 Å². The second kappa shape index (κ2) is 12.8. The smallest absolute Gasteiger partial charge is 0.189 e. The predicted molar refractivity (Wildman–Crippen MR) is 120 cm³/mol. The zero-order valence-electron chi connectivity index (χ0n) is 12.9. The van der Waals surface area contributed by atoms with Crippen LogP contribution in [0.3, 0.4) is 0 Å². The number of ether oxygens (including phenoxy) is 1.